The van der Waals surface area contributed by atoms with Gasteiger partial charge in [-0.25, -0.2) is 0 Å². The van der Waals surface area contributed by atoms with Gasteiger partial charge >= 0.3 is 0 Å². The minimum absolute atomic E-state index is 0.0595. The summed E-state index contributed by atoms with van der Waals surface area (Å²) in [5.41, 5.74) is 2.87. The minimum atomic E-state index is 0.0595. The van der Waals surface area contributed by atoms with Crippen molar-refractivity contribution in [3.05, 3.63) is 64.7 Å². The summed E-state index contributed by atoms with van der Waals surface area (Å²) in [4.78, 5) is 27.2. The summed E-state index contributed by atoms with van der Waals surface area (Å²) in [7, 11) is 0. The summed E-state index contributed by atoms with van der Waals surface area (Å²) in [5, 5.41) is 3.65. The Labute approximate surface area is 164 Å². The van der Waals surface area contributed by atoms with Crippen LogP contribution in [0.25, 0.3) is 0 Å². The van der Waals surface area contributed by atoms with Crippen LogP contribution in [0.1, 0.15) is 22.8 Å². The maximum absolute atomic E-state index is 12.2. The highest BCUT2D eigenvalue weighted by molar-refractivity contribution is 6.30. The van der Waals surface area contributed by atoms with Crippen LogP contribution in [0.3, 0.4) is 0 Å². The fourth-order valence-corrected chi connectivity index (χ4v) is 3.51. The third-order valence-corrected chi connectivity index (χ3v) is 5.13. The molecule has 2 aromatic carbocycles. The molecule has 0 radical (unpaired) electrons. The van der Waals surface area contributed by atoms with E-state index in [4.69, 9.17) is 11.6 Å². The van der Waals surface area contributed by atoms with E-state index in [-0.39, 0.29) is 11.7 Å². The van der Waals surface area contributed by atoms with Gasteiger partial charge in [-0.05, 0) is 48.9 Å². The fraction of sp³-hybridized carbons (Fsp3) is 0.333. The minimum Gasteiger partial charge on any atom is -0.360 e. The molecule has 1 aliphatic heterocycles. The van der Waals surface area contributed by atoms with E-state index in [9.17, 15) is 9.59 Å². The van der Waals surface area contributed by atoms with E-state index in [1.54, 1.807) is 6.92 Å². The van der Waals surface area contributed by atoms with Crippen LogP contribution >= 0.6 is 11.6 Å². The number of carbonyl (C=O) groups excluding carboxylic acids is 2. The van der Waals surface area contributed by atoms with Crippen molar-refractivity contribution in [3.8, 4) is 0 Å². The van der Waals surface area contributed by atoms with Gasteiger partial charge in [-0.15, -0.1) is 0 Å². The lowest BCUT2D eigenvalue weighted by Gasteiger charge is -2.33. The normalized spacial score (nSPS) is 14.8. The Balaban J connectivity index is 1.43. The van der Waals surface area contributed by atoms with Gasteiger partial charge in [0, 0.05) is 22.8 Å². The molecule has 0 aromatic heterocycles. The van der Waals surface area contributed by atoms with Crippen molar-refractivity contribution in [1.29, 1.82) is 0 Å². The number of quaternary nitrogens is 1. The quantitative estimate of drug-likeness (QED) is 0.741. The Hall–Kier alpha value is -2.37. The molecule has 1 saturated heterocycles. The van der Waals surface area contributed by atoms with Gasteiger partial charge in [-0.1, -0.05) is 23.7 Å². The van der Waals surface area contributed by atoms with Crippen LogP contribution < -0.4 is 15.1 Å². The van der Waals surface area contributed by atoms with Gasteiger partial charge < -0.3 is 15.1 Å². The molecule has 1 aliphatic rings. The highest BCUT2D eigenvalue weighted by Crippen LogP contribution is 2.15. The van der Waals surface area contributed by atoms with E-state index in [0.29, 0.717) is 18.1 Å². The number of piperazine rings is 1. The van der Waals surface area contributed by atoms with Crippen molar-refractivity contribution < 1.29 is 14.5 Å². The second-order valence-electron chi connectivity index (χ2n) is 6.92. The standard InChI is InChI=1S/C21H24ClN3O2/c1-16(26)18-5-7-20(8-6-18)25-11-9-24(10-12-25)15-21(27)23-14-17-3-2-4-19(22)13-17/h2-8,13H,9-12,14-15H2,1H3,(H,23,27)/p+1. The zero-order valence-corrected chi connectivity index (χ0v) is 16.3. The molecule has 1 fully saturated rings. The van der Waals surface area contributed by atoms with Crippen molar-refractivity contribution in [2.24, 2.45) is 0 Å². The smallest absolute Gasteiger partial charge is 0.275 e. The van der Waals surface area contributed by atoms with E-state index >= 15 is 0 Å². The number of carbonyl (C=O) groups is 2. The molecule has 0 aliphatic carbocycles. The largest absolute Gasteiger partial charge is 0.360 e. The molecule has 2 N–H and O–H groups in total. The zero-order chi connectivity index (χ0) is 19.2. The van der Waals surface area contributed by atoms with Crippen molar-refractivity contribution in [2.45, 2.75) is 13.5 Å². The first-order chi connectivity index (χ1) is 13.0. The second-order valence-corrected chi connectivity index (χ2v) is 7.36. The number of hydrogen-bond donors (Lipinski definition) is 2. The third kappa shape index (κ3) is 5.55. The number of nitrogens with one attached hydrogen (secondary N) is 2. The summed E-state index contributed by atoms with van der Waals surface area (Å²) in [6.07, 6.45) is 0. The number of ketones is 1. The van der Waals surface area contributed by atoms with E-state index in [1.165, 1.54) is 4.90 Å². The zero-order valence-electron chi connectivity index (χ0n) is 15.5. The molecule has 2 aromatic rings. The summed E-state index contributed by atoms with van der Waals surface area (Å²) in [6.45, 7) is 6.19. The maximum Gasteiger partial charge on any atom is 0.275 e. The van der Waals surface area contributed by atoms with E-state index in [2.05, 4.69) is 10.2 Å². The lowest BCUT2D eigenvalue weighted by atomic mass is 10.1. The number of anilines is 1. The van der Waals surface area contributed by atoms with E-state index in [0.717, 1.165) is 43.0 Å². The number of halogens is 1. The molecule has 0 unspecified atom stereocenters. The van der Waals surface area contributed by atoms with Gasteiger partial charge in [0.15, 0.2) is 12.3 Å². The predicted molar refractivity (Wildman–Crippen MR) is 108 cm³/mol. The van der Waals surface area contributed by atoms with Gasteiger partial charge in [0.2, 0.25) is 0 Å². The molecule has 0 atom stereocenters. The van der Waals surface area contributed by atoms with Crippen LogP contribution in [0.2, 0.25) is 5.02 Å². The number of nitrogens with zero attached hydrogens (tertiary/aromatic N) is 1. The van der Waals surface area contributed by atoms with Crippen LogP contribution in [0, 0.1) is 0 Å². The molecular formula is C21H25ClN3O2+. The molecule has 0 bridgehead atoms. The highest BCUT2D eigenvalue weighted by Gasteiger charge is 2.22. The highest BCUT2D eigenvalue weighted by atomic mass is 35.5. The number of benzene rings is 2. The topological polar surface area (TPSA) is 53.9 Å². The molecule has 1 amide bonds. The summed E-state index contributed by atoms with van der Waals surface area (Å²) >= 11 is 5.97. The van der Waals surface area contributed by atoms with Gasteiger partial charge in [0.1, 0.15) is 0 Å². The Kier molecular flexibility index (Phi) is 6.48. The monoisotopic (exact) mass is 386 g/mol. The number of amides is 1. The molecule has 142 valence electrons. The van der Waals surface area contributed by atoms with Crippen LogP contribution in [-0.2, 0) is 11.3 Å². The molecular weight excluding hydrogens is 362 g/mol. The molecule has 27 heavy (non-hydrogen) atoms. The molecule has 0 saturated carbocycles. The number of Topliss-reactive ketones (excluding diaryl/α,β-unsaturated/α-hetero) is 1. The first-order valence-electron chi connectivity index (χ1n) is 9.22. The Morgan fingerprint density at radius 2 is 1.81 bits per heavy atom. The average Bonchev–Trinajstić information content (AvgIpc) is 2.67. The average molecular weight is 387 g/mol. The Bertz CT molecular complexity index is 799. The van der Waals surface area contributed by atoms with Gasteiger partial charge in [0.05, 0.1) is 26.2 Å². The van der Waals surface area contributed by atoms with E-state index in [1.807, 2.05) is 48.5 Å². The van der Waals surface area contributed by atoms with Gasteiger partial charge in [-0.3, -0.25) is 9.59 Å². The fourth-order valence-electron chi connectivity index (χ4n) is 3.30. The SMILES string of the molecule is CC(=O)c1ccc(N2CC[NH+](CC(=O)NCc3cccc(Cl)c3)CC2)cc1. The van der Waals surface area contributed by atoms with Crippen LogP contribution in [0.4, 0.5) is 5.69 Å². The molecule has 6 heteroatoms. The third-order valence-electron chi connectivity index (χ3n) is 4.90. The molecule has 1 heterocycles. The van der Waals surface area contributed by atoms with Crippen molar-refractivity contribution in [3.63, 3.8) is 0 Å². The van der Waals surface area contributed by atoms with Crippen molar-refractivity contribution in [2.75, 3.05) is 37.6 Å². The lowest BCUT2D eigenvalue weighted by Crippen LogP contribution is -3.15. The first kappa shape index (κ1) is 19.4. The number of rotatable bonds is 6. The van der Waals surface area contributed by atoms with Crippen LogP contribution in [0.5, 0.6) is 0 Å². The van der Waals surface area contributed by atoms with Crippen molar-refractivity contribution >= 4 is 29.0 Å². The van der Waals surface area contributed by atoms with E-state index < -0.39 is 0 Å². The van der Waals surface area contributed by atoms with Crippen molar-refractivity contribution in [1.82, 2.24) is 5.32 Å². The summed E-state index contributed by atoms with van der Waals surface area (Å²) < 4.78 is 0. The Morgan fingerprint density at radius 1 is 1.11 bits per heavy atom. The summed E-state index contributed by atoms with van der Waals surface area (Å²) in [6, 6.07) is 15.3. The molecule has 0 spiro atoms. The van der Waals surface area contributed by atoms with Gasteiger partial charge in [0.25, 0.3) is 5.91 Å². The van der Waals surface area contributed by atoms with Gasteiger partial charge in [-0.2, -0.15) is 0 Å². The van der Waals surface area contributed by atoms with Crippen LogP contribution in [0.15, 0.2) is 48.5 Å². The summed E-state index contributed by atoms with van der Waals surface area (Å²) in [5.74, 6) is 0.142. The lowest BCUT2D eigenvalue weighted by molar-refractivity contribution is -0.892. The maximum atomic E-state index is 12.2. The Morgan fingerprint density at radius 3 is 2.44 bits per heavy atom. The number of hydrogen-bond acceptors (Lipinski definition) is 3. The molecule has 3 rings (SSSR count). The van der Waals surface area contributed by atoms with Crippen LogP contribution in [-0.4, -0.2) is 44.4 Å². The molecule has 5 nitrogen and oxygen atoms in total. The predicted octanol–water partition coefficient (Wildman–Crippen LogP) is 1.56. The second kappa shape index (κ2) is 9.02. The first-order valence-corrected chi connectivity index (χ1v) is 9.60.